The normalized spacial score (nSPS) is 14.3. The second-order valence-corrected chi connectivity index (χ2v) is 6.40. The van der Waals surface area contributed by atoms with Crippen molar-refractivity contribution in [3.05, 3.63) is 52.6 Å². The molecule has 0 saturated heterocycles. The van der Waals surface area contributed by atoms with Gasteiger partial charge in [0.05, 0.1) is 13.2 Å². The third-order valence-electron chi connectivity index (χ3n) is 4.61. The van der Waals surface area contributed by atoms with Crippen molar-refractivity contribution < 1.29 is 19.0 Å². The quantitative estimate of drug-likeness (QED) is 0.910. The van der Waals surface area contributed by atoms with Gasteiger partial charge in [-0.15, -0.1) is 0 Å². The molecule has 0 atom stereocenters. The fraction of sp³-hybridized carbons (Fsp3) is 0.350. The second kappa shape index (κ2) is 6.67. The van der Waals surface area contributed by atoms with E-state index in [2.05, 4.69) is 11.4 Å². The molecule has 2 heterocycles. The van der Waals surface area contributed by atoms with Crippen LogP contribution in [0.15, 0.2) is 30.3 Å². The minimum absolute atomic E-state index is 0.00235. The number of hydrogen-bond acceptors (Lipinski definition) is 4. The van der Waals surface area contributed by atoms with Gasteiger partial charge in [-0.1, -0.05) is 17.7 Å². The largest absolute Gasteiger partial charge is 0.493 e. The first kappa shape index (κ1) is 15.8. The lowest BCUT2D eigenvalue weighted by Crippen LogP contribution is -2.29. The van der Waals surface area contributed by atoms with E-state index < -0.39 is 0 Å². The summed E-state index contributed by atoms with van der Waals surface area (Å²) in [5.41, 5.74) is 4.53. The standard InChI is InChI=1S/C20H21NO4/c1-13-2-4-15(5-3-13)25-12-19(22)21-11-17-16-7-9-23-18(16)10-14-6-8-24-20(14)17/h2-5,10H,6-9,11-12H2,1H3,(H,21,22). The van der Waals surface area contributed by atoms with E-state index in [4.69, 9.17) is 14.2 Å². The Hall–Kier alpha value is -2.69. The van der Waals surface area contributed by atoms with Crippen LogP contribution >= 0.6 is 0 Å². The molecule has 0 unspecified atom stereocenters. The van der Waals surface area contributed by atoms with Crippen molar-refractivity contribution in [2.45, 2.75) is 26.3 Å². The first-order valence-corrected chi connectivity index (χ1v) is 8.60. The summed E-state index contributed by atoms with van der Waals surface area (Å²) in [7, 11) is 0. The molecule has 4 rings (SSSR count). The molecule has 5 heteroatoms. The van der Waals surface area contributed by atoms with Crippen LogP contribution in [0, 0.1) is 6.92 Å². The van der Waals surface area contributed by atoms with Crippen LogP contribution in [0.4, 0.5) is 0 Å². The Morgan fingerprint density at radius 1 is 1.16 bits per heavy atom. The van der Waals surface area contributed by atoms with Crippen molar-refractivity contribution in [3.8, 4) is 17.2 Å². The second-order valence-electron chi connectivity index (χ2n) is 6.40. The van der Waals surface area contributed by atoms with E-state index in [1.807, 2.05) is 31.2 Å². The number of amides is 1. The Bertz CT molecular complexity index is 766. The Morgan fingerprint density at radius 3 is 2.80 bits per heavy atom. The molecule has 1 N–H and O–H groups in total. The Labute approximate surface area is 146 Å². The highest BCUT2D eigenvalue weighted by atomic mass is 16.5. The van der Waals surface area contributed by atoms with Crippen molar-refractivity contribution in [1.82, 2.24) is 5.32 Å². The van der Waals surface area contributed by atoms with Gasteiger partial charge in [-0.3, -0.25) is 4.79 Å². The number of ether oxygens (including phenoxy) is 3. The monoisotopic (exact) mass is 339 g/mol. The maximum absolute atomic E-state index is 12.1. The van der Waals surface area contributed by atoms with Crippen molar-refractivity contribution in [2.75, 3.05) is 19.8 Å². The van der Waals surface area contributed by atoms with Crippen LogP contribution in [-0.2, 0) is 24.2 Å². The van der Waals surface area contributed by atoms with Gasteiger partial charge in [0.15, 0.2) is 6.61 Å². The number of rotatable bonds is 5. The molecule has 0 aromatic heterocycles. The summed E-state index contributed by atoms with van der Waals surface area (Å²) in [5, 5.41) is 2.94. The summed E-state index contributed by atoms with van der Waals surface area (Å²) in [6.07, 6.45) is 1.75. The van der Waals surface area contributed by atoms with Crippen molar-refractivity contribution in [1.29, 1.82) is 0 Å². The zero-order valence-corrected chi connectivity index (χ0v) is 14.3. The average Bonchev–Trinajstić information content (AvgIpc) is 3.27. The van der Waals surface area contributed by atoms with E-state index in [1.165, 1.54) is 5.56 Å². The predicted molar refractivity (Wildman–Crippen MR) is 93.4 cm³/mol. The zero-order chi connectivity index (χ0) is 17.2. The zero-order valence-electron chi connectivity index (χ0n) is 14.3. The van der Waals surface area contributed by atoms with Crippen LogP contribution in [0.2, 0.25) is 0 Å². The van der Waals surface area contributed by atoms with Crippen LogP contribution in [0.1, 0.15) is 22.3 Å². The Balaban J connectivity index is 1.40. The summed E-state index contributed by atoms with van der Waals surface area (Å²) < 4.78 is 17.0. The van der Waals surface area contributed by atoms with E-state index in [0.29, 0.717) is 25.5 Å². The Kier molecular flexibility index (Phi) is 4.22. The number of nitrogens with one attached hydrogen (secondary N) is 1. The maximum atomic E-state index is 12.1. The number of aryl methyl sites for hydroxylation is 1. The molecule has 0 spiro atoms. The summed E-state index contributed by atoms with van der Waals surface area (Å²) in [6.45, 7) is 3.83. The molecular formula is C20H21NO4. The minimum Gasteiger partial charge on any atom is -0.493 e. The molecule has 0 saturated carbocycles. The summed E-state index contributed by atoms with van der Waals surface area (Å²) in [5.74, 6) is 2.40. The molecule has 5 nitrogen and oxygen atoms in total. The lowest BCUT2D eigenvalue weighted by Gasteiger charge is -2.14. The molecule has 130 valence electrons. The maximum Gasteiger partial charge on any atom is 0.258 e. The highest BCUT2D eigenvalue weighted by molar-refractivity contribution is 5.77. The molecular weight excluding hydrogens is 318 g/mol. The van der Waals surface area contributed by atoms with Gasteiger partial charge in [0.1, 0.15) is 17.2 Å². The fourth-order valence-corrected chi connectivity index (χ4v) is 3.29. The molecule has 0 bridgehead atoms. The summed E-state index contributed by atoms with van der Waals surface area (Å²) in [4.78, 5) is 12.1. The Morgan fingerprint density at radius 2 is 1.96 bits per heavy atom. The molecule has 0 radical (unpaired) electrons. The number of hydrogen-bond donors (Lipinski definition) is 1. The molecule has 2 aliphatic heterocycles. The van der Waals surface area contributed by atoms with E-state index >= 15 is 0 Å². The number of fused-ring (bicyclic) bond motifs is 2. The highest BCUT2D eigenvalue weighted by Crippen LogP contribution is 2.40. The lowest BCUT2D eigenvalue weighted by molar-refractivity contribution is -0.123. The first-order valence-electron chi connectivity index (χ1n) is 8.60. The predicted octanol–water partition coefficient (Wildman–Crippen LogP) is 2.56. The van der Waals surface area contributed by atoms with Gasteiger partial charge in [0.25, 0.3) is 5.91 Å². The van der Waals surface area contributed by atoms with Gasteiger partial charge in [0.2, 0.25) is 0 Å². The van der Waals surface area contributed by atoms with Crippen molar-refractivity contribution in [2.24, 2.45) is 0 Å². The molecule has 0 aliphatic carbocycles. The number of carbonyl (C=O) groups excluding carboxylic acids is 1. The molecule has 0 fully saturated rings. The van der Waals surface area contributed by atoms with E-state index in [-0.39, 0.29) is 12.5 Å². The molecule has 25 heavy (non-hydrogen) atoms. The minimum atomic E-state index is -0.149. The molecule has 2 aromatic carbocycles. The van der Waals surface area contributed by atoms with E-state index in [0.717, 1.165) is 41.0 Å². The average molecular weight is 339 g/mol. The molecule has 2 aliphatic rings. The number of benzene rings is 2. The molecule has 2 aromatic rings. The van der Waals surface area contributed by atoms with Crippen LogP contribution in [0.25, 0.3) is 0 Å². The number of carbonyl (C=O) groups is 1. The first-order chi connectivity index (χ1) is 12.2. The van der Waals surface area contributed by atoms with Crippen LogP contribution in [0.5, 0.6) is 17.2 Å². The van der Waals surface area contributed by atoms with Crippen molar-refractivity contribution >= 4 is 5.91 Å². The van der Waals surface area contributed by atoms with Gasteiger partial charge in [-0.05, 0) is 25.1 Å². The van der Waals surface area contributed by atoms with Crippen LogP contribution < -0.4 is 19.5 Å². The SMILES string of the molecule is Cc1ccc(OCC(=O)NCc2c3c(cc4c2OCC4)OCC3)cc1. The van der Waals surface area contributed by atoms with E-state index in [1.54, 1.807) is 0 Å². The topological polar surface area (TPSA) is 56.8 Å². The van der Waals surface area contributed by atoms with Gasteiger partial charge in [0, 0.05) is 36.1 Å². The highest BCUT2D eigenvalue weighted by Gasteiger charge is 2.26. The smallest absolute Gasteiger partial charge is 0.258 e. The van der Waals surface area contributed by atoms with Crippen LogP contribution in [-0.4, -0.2) is 25.7 Å². The van der Waals surface area contributed by atoms with Gasteiger partial charge in [-0.2, -0.15) is 0 Å². The molecule has 1 amide bonds. The van der Waals surface area contributed by atoms with Gasteiger partial charge < -0.3 is 19.5 Å². The summed E-state index contributed by atoms with van der Waals surface area (Å²) in [6, 6.07) is 9.73. The third-order valence-corrected chi connectivity index (χ3v) is 4.61. The van der Waals surface area contributed by atoms with Crippen molar-refractivity contribution in [3.63, 3.8) is 0 Å². The lowest BCUT2D eigenvalue weighted by atomic mass is 9.99. The van der Waals surface area contributed by atoms with Gasteiger partial charge in [-0.25, -0.2) is 0 Å². The fourth-order valence-electron chi connectivity index (χ4n) is 3.29. The van der Waals surface area contributed by atoms with Gasteiger partial charge >= 0.3 is 0 Å². The van der Waals surface area contributed by atoms with E-state index in [9.17, 15) is 4.79 Å². The third kappa shape index (κ3) is 3.27. The van der Waals surface area contributed by atoms with Crippen LogP contribution in [0.3, 0.4) is 0 Å². The summed E-state index contributed by atoms with van der Waals surface area (Å²) >= 11 is 0.